The lowest BCUT2D eigenvalue weighted by Gasteiger charge is -2.21. The van der Waals surface area contributed by atoms with E-state index in [1.54, 1.807) is 12.3 Å². The Morgan fingerprint density at radius 3 is 2.24 bits per heavy atom. The minimum absolute atomic E-state index is 0.139. The Bertz CT molecular complexity index is 464. The van der Waals surface area contributed by atoms with E-state index in [4.69, 9.17) is 4.74 Å². The molecule has 17 heavy (non-hydrogen) atoms. The average Bonchev–Trinajstić information content (AvgIpc) is 2.25. The van der Waals surface area contributed by atoms with Gasteiger partial charge in [0.2, 0.25) is 0 Å². The second-order valence-corrected chi connectivity index (χ2v) is 6.17. The van der Waals surface area contributed by atoms with Crippen LogP contribution in [0.25, 0.3) is 0 Å². The molecule has 0 bridgehead atoms. The Balaban J connectivity index is 3.57. The molecule has 0 aliphatic heterocycles. The standard InChI is InChI=1S/C12H17NO3S/c1-12(2,3)8-6-9(13-14)11(16-4)10(7-8)17(5)15/h6-7H,1-5H3. The van der Waals surface area contributed by atoms with Crippen molar-refractivity contribution in [3.63, 3.8) is 0 Å². The van der Waals surface area contributed by atoms with Crippen molar-refractivity contribution in [3.8, 4) is 5.75 Å². The van der Waals surface area contributed by atoms with Crippen LogP contribution >= 0.6 is 0 Å². The van der Waals surface area contributed by atoms with Crippen LogP contribution in [-0.2, 0) is 16.2 Å². The van der Waals surface area contributed by atoms with Gasteiger partial charge in [-0.05, 0) is 28.3 Å². The third kappa shape index (κ3) is 2.91. The second kappa shape index (κ2) is 4.96. The number of ether oxygens (including phenoxy) is 1. The van der Waals surface area contributed by atoms with E-state index in [0.29, 0.717) is 10.6 Å². The summed E-state index contributed by atoms with van der Waals surface area (Å²) in [5, 5.41) is 2.95. The fourth-order valence-electron chi connectivity index (χ4n) is 1.51. The summed E-state index contributed by atoms with van der Waals surface area (Å²) >= 11 is 0. The van der Waals surface area contributed by atoms with E-state index >= 15 is 0 Å². The molecule has 0 radical (unpaired) electrons. The maximum Gasteiger partial charge on any atom is 0.164 e. The van der Waals surface area contributed by atoms with Gasteiger partial charge in [0.05, 0.1) is 22.8 Å². The van der Waals surface area contributed by atoms with Crippen LogP contribution in [0.1, 0.15) is 26.3 Å². The molecule has 1 unspecified atom stereocenters. The van der Waals surface area contributed by atoms with E-state index in [0.717, 1.165) is 5.56 Å². The Morgan fingerprint density at radius 1 is 1.29 bits per heavy atom. The molecule has 1 aromatic carbocycles. The molecule has 0 saturated carbocycles. The van der Waals surface area contributed by atoms with Crippen molar-refractivity contribution in [3.05, 3.63) is 22.6 Å². The summed E-state index contributed by atoms with van der Waals surface area (Å²) in [6.45, 7) is 6.06. The Kier molecular flexibility index (Phi) is 4.03. The minimum atomic E-state index is -1.22. The van der Waals surface area contributed by atoms with E-state index in [9.17, 15) is 9.12 Å². The zero-order valence-electron chi connectivity index (χ0n) is 10.7. The normalized spacial score (nSPS) is 13.2. The molecule has 5 heteroatoms. The van der Waals surface area contributed by atoms with Gasteiger partial charge in [0, 0.05) is 6.26 Å². The molecule has 0 saturated heterocycles. The Labute approximate surface area is 104 Å². The zero-order valence-corrected chi connectivity index (χ0v) is 11.6. The van der Waals surface area contributed by atoms with Crippen LogP contribution in [0, 0.1) is 4.91 Å². The van der Waals surface area contributed by atoms with E-state index < -0.39 is 10.8 Å². The van der Waals surface area contributed by atoms with Crippen LogP contribution in [0.5, 0.6) is 5.75 Å². The van der Waals surface area contributed by atoms with Gasteiger partial charge >= 0.3 is 0 Å². The largest absolute Gasteiger partial charge is 0.493 e. The number of benzene rings is 1. The SMILES string of the molecule is COc1c(N=O)cc(C(C)(C)C)cc1S(C)=O. The quantitative estimate of drug-likeness (QED) is 0.780. The fourth-order valence-corrected chi connectivity index (χ4v) is 2.25. The lowest BCUT2D eigenvalue weighted by atomic mass is 9.87. The molecule has 0 aliphatic carbocycles. The van der Waals surface area contributed by atoms with Gasteiger partial charge in [0.1, 0.15) is 0 Å². The molecule has 0 amide bonds. The number of rotatable bonds is 3. The summed E-state index contributed by atoms with van der Waals surface area (Å²) in [4.78, 5) is 11.3. The van der Waals surface area contributed by atoms with Gasteiger partial charge in [0.25, 0.3) is 0 Å². The highest BCUT2D eigenvalue weighted by atomic mass is 32.2. The Morgan fingerprint density at radius 2 is 1.88 bits per heavy atom. The average molecular weight is 255 g/mol. The molecule has 94 valence electrons. The summed E-state index contributed by atoms with van der Waals surface area (Å²) < 4.78 is 16.8. The van der Waals surface area contributed by atoms with Gasteiger partial charge in [-0.1, -0.05) is 20.8 Å². The molecule has 0 aliphatic rings. The predicted molar refractivity (Wildman–Crippen MR) is 69.5 cm³/mol. The first-order chi connectivity index (χ1) is 7.81. The van der Waals surface area contributed by atoms with Crippen LogP contribution in [0.2, 0.25) is 0 Å². The highest BCUT2D eigenvalue weighted by Crippen LogP contribution is 2.38. The third-order valence-corrected chi connectivity index (χ3v) is 3.44. The molecule has 0 N–H and O–H groups in total. The van der Waals surface area contributed by atoms with Gasteiger partial charge in [0.15, 0.2) is 11.4 Å². The number of hydrogen-bond acceptors (Lipinski definition) is 4. The molecule has 4 nitrogen and oxygen atoms in total. The first-order valence-corrected chi connectivity index (χ1v) is 6.76. The molecule has 1 aromatic rings. The van der Waals surface area contributed by atoms with Crippen LogP contribution in [0.4, 0.5) is 5.69 Å². The van der Waals surface area contributed by atoms with E-state index in [2.05, 4.69) is 5.18 Å². The van der Waals surface area contributed by atoms with Crippen LogP contribution in [0.15, 0.2) is 22.2 Å². The van der Waals surface area contributed by atoms with Crippen LogP contribution < -0.4 is 4.74 Å². The van der Waals surface area contributed by atoms with E-state index in [1.165, 1.54) is 7.11 Å². The molecule has 0 spiro atoms. The Hall–Kier alpha value is -1.23. The van der Waals surface area contributed by atoms with Gasteiger partial charge in [-0.25, -0.2) is 0 Å². The van der Waals surface area contributed by atoms with Crippen LogP contribution in [-0.4, -0.2) is 17.6 Å². The monoisotopic (exact) mass is 255 g/mol. The first kappa shape index (κ1) is 13.8. The maximum absolute atomic E-state index is 11.7. The fraction of sp³-hybridized carbons (Fsp3) is 0.500. The molecule has 0 heterocycles. The highest BCUT2D eigenvalue weighted by Gasteiger charge is 2.21. The maximum atomic E-state index is 11.7. The summed E-state index contributed by atoms with van der Waals surface area (Å²) in [5.41, 5.74) is 0.975. The highest BCUT2D eigenvalue weighted by molar-refractivity contribution is 7.84. The lowest BCUT2D eigenvalue weighted by molar-refractivity contribution is 0.404. The summed E-state index contributed by atoms with van der Waals surface area (Å²) in [6, 6.07) is 3.49. The topological polar surface area (TPSA) is 55.7 Å². The van der Waals surface area contributed by atoms with Gasteiger partial charge < -0.3 is 4.74 Å². The molecule has 0 aromatic heterocycles. The number of methoxy groups -OCH3 is 1. The zero-order chi connectivity index (χ0) is 13.2. The van der Waals surface area contributed by atoms with Crippen molar-refractivity contribution in [2.45, 2.75) is 31.1 Å². The molecular formula is C12H17NO3S. The van der Waals surface area contributed by atoms with Gasteiger partial charge in [-0.3, -0.25) is 4.21 Å². The van der Waals surface area contributed by atoms with Crippen molar-refractivity contribution in [2.24, 2.45) is 5.18 Å². The smallest absolute Gasteiger partial charge is 0.164 e. The van der Waals surface area contributed by atoms with Gasteiger partial charge in [-0.2, -0.15) is 0 Å². The minimum Gasteiger partial charge on any atom is -0.493 e. The number of nitroso groups, excluding NO2 is 1. The summed E-state index contributed by atoms with van der Waals surface area (Å²) in [5.74, 6) is 0.300. The molecule has 1 atom stereocenters. The second-order valence-electron chi connectivity index (χ2n) is 4.82. The van der Waals surface area contributed by atoms with Crippen molar-refractivity contribution >= 4 is 16.5 Å². The first-order valence-electron chi connectivity index (χ1n) is 5.20. The number of nitrogens with zero attached hydrogens (tertiary/aromatic N) is 1. The molecule has 1 rings (SSSR count). The van der Waals surface area contributed by atoms with Crippen LogP contribution in [0.3, 0.4) is 0 Å². The third-order valence-electron chi connectivity index (χ3n) is 2.51. The van der Waals surface area contributed by atoms with Gasteiger partial charge in [-0.15, -0.1) is 4.91 Å². The summed E-state index contributed by atoms with van der Waals surface area (Å²) in [7, 11) is 0.220. The van der Waals surface area contributed by atoms with E-state index in [-0.39, 0.29) is 11.1 Å². The number of hydrogen-bond donors (Lipinski definition) is 0. The van der Waals surface area contributed by atoms with Crippen molar-refractivity contribution in [2.75, 3.05) is 13.4 Å². The molecular weight excluding hydrogens is 238 g/mol. The van der Waals surface area contributed by atoms with Crippen molar-refractivity contribution < 1.29 is 8.95 Å². The van der Waals surface area contributed by atoms with Crippen molar-refractivity contribution in [1.82, 2.24) is 0 Å². The van der Waals surface area contributed by atoms with E-state index in [1.807, 2.05) is 26.8 Å². The van der Waals surface area contributed by atoms with Crippen molar-refractivity contribution in [1.29, 1.82) is 0 Å². The summed E-state index contributed by atoms with van der Waals surface area (Å²) in [6.07, 6.45) is 1.55. The lowest BCUT2D eigenvalue weighted by Crippen LogP contribution is -2.12. The molecule has 0 fully saturated rings. The predicted octanol–water partition coefficient (Wildman–Crippen LogP) is 3.13.